The summed E-state index contributed by atoms with van der Waals surface area (Å²) in [5.41, 5.74) is 10.8. The number of rotatable bonds is 0. The fraction of sp³-hybridized carbons (Fsp3) is 0.200. The Morgan fingerprint density at radius 3 is 2.45 bits per heavy atom. The van der Waals surface area contributed by atoms with Gasteiger partial charge in [0.05, 0.1) is 0 Å². The lowest BCUT2D eigenvalue weighted by Crippen LogP contribution is -2.29. The Morgan fingerprint density at radius 2 is 1.73 bits per heavy atom. The first-order valence-electron chi connectivity index (χ1n) is 4.31. The molecule has 0 fully saturated rings. The lowest BCUT2D eigenvalue weighted by molar-refractivity contribution is 1.09. The van der Waals surface area contributed by atoms with Crippen LogP contribution in [0.25, 0.3) is 5.57 Å². The Hall–Kier alpha value is -0.823. The second kappa shape index (κ2) is 0.674. The molecule has 11 heavy (non-hydrogen) atoms. The molecular weight excluding hydrogens is 148 g/mol. The van der Waals surface area contributed by atoms with Gasteiger partial charge >= 0.3 is 0 Å². The molecule has 1 aromatic carbocycles. The van der Waals surface area contributed by atoms with Gasteiger partial charge in [0.25, 0.3) is 0 Å². The van der Waals surface area contributed by atoms with Crippen LogP contribution in [0.1, 0.15) is 39.7 Å². The summed E-state index contributed by atoms with van der Waals surface area (Å²) in [4.78, 5) is 0. The number of benzene rings is 1. The van der Waals surface area contributed by atoms with Crippen molar-refractivity contribution in [2.45, 2.75) is 11.8 Å². The average Bonchev–Trinajstić information content (AvgIpc) is 2.82. The van der Waals surface area contributed by atoms with Crippen LogP contribution in [0.15, 0.2) is 5.20 Å². The Kier molecular flexibility index (Phi) is 0.228. The summed E-state index contributed by atoms with van der Waals surface area (Å²) >= 11 is 0. The van der Waals surface area contributed by atoms with Gasteiger partial charge in [-0.1, -0.05) is 5.20 Å². The Labute approximate surface area is 65.7 Å². The van der Waals surface area contributed by atoms with Crippen molar-refractivity contribution < 1.29 is 0 Å². The Bertz CT molecular complexity index is 538. The summed E-state index contributed by atoms with van der Waals surface area (Å²) in [5, 5.41) is 3.74. The normalized spacial score (nSPS) is 38.2. The molecule has 1 heterocycles. The fourth-order valence-corrected chi connectivity index (χ4v) is 5.60. The van der Waals surface area contributed by atoms with E-state index in [4.69, 9.17) is 0 Å². The lowest BCUT2D eigenvalue weighted by Gasteiger charge is -2.27. The van der Waals surface area contributed by atoms with E-state index in [1.54, 1.807) is 11.1 Å². The van der Waals surface area contributed by atoms with Crippen molar-refractivity contribution in [3.8, 4) is 0 Å². The van der Waals surface area contributed by atoms with E-state index in [0.29, 0.717) is 9.52 Å². The zero-order chi connectivity index (χ0) is 6.48. The van der Waals surface area contributed by atoms with Crippen LogP contribution >= 0.6 is 0 Å². The van der Waals surface area contributed by atoms with Crippen LogP contribution in [0, 0.1) is 0 Å². The van der Waals surface area contributed by atoms with Gasteiger partial charge in [0.2, 0.25) is 0 Å². The van der Waals surface area contributed by atoms with E-state index >= 15 is 0 Å². The molecule has 47 valence electrons. The minimum atomic E-state index is 0.639. The molecule has 2 atom stereocenters. The van der Waals surface area contributed by atoms with E-state index in [-0.39, 0.29) is 0 Å². The molecule has 1 aliphatic heterocycles. The highest BCUT2D eigenvalue weighted by Gasteiger charge is 2.68. The molecule has 0 spiro atoms. The molecule has 1 aromatic rings. The maximum Gasteiger partial charge on any atom is 0.101 e. The molecule has 4 aliphatic carbocycles. The van der Waals surface area contributed by atoms with E-state index < -0.39 is 0 Å². The second-order valence-electron chi connectivity index (χ2n) is 4.32. The van der Waals surface area contributed by atoms with Crippen molar-refractivity contribution in [2.24, 2.45) is 0 Å². The van der Waals surface area contributed by atoms with Crippen molar-refractivity contribution in [1.29, 1.82) is 0 Å². The van der Waals surface area contributed by atoms with Crippen molar-refractivity contribution in [3.63, 3.8) is 0 Å². The first-order chi connectivity index (χ1) is 5.48. The maximum atomic E-state index is 1.89. The highest BCUT2D eigenvalue weighted by molar-refractivity contribution is 6.73. The third-order valence-electron chi connectivity index (χ3n) is 4.08. The molecule has 0 amide bonds. The van der Waals surface area contributed by atoms with Gasteiger partial charge < -0.3 is 0 Å². The molecule has 0 nitrogen and oxygen atoms in total. The van der Waals surface area contributed by atoms with Crippen LogP contribution in [-0.4, -0.2) is 9.52 Å². The molecular formula is C10H3Si. The first-order valence-corrected chi connectivity index (χ1v) is 5.46. The van der Waals surface area contributed by atoms with Crippen LogP contribution in [0.4, 0.5) is 0 Å². The minimum Gasteiger partial charge on any atom is -0.0647 e. The number of hydrogen-bond donors (Lipinski definition) is 0. The monoisotopic (exact) mass is 151 g/mol. The van der Waals surface area contributed by atoms with Gasteiger partial charge in [0.1, 0.15) is 9.52 Å². The van der Waals surface area contributed by atoms with Gasteiger partial charge in [-0.2, -0.15) is 0 Å². The van der Waals surface area contributed by atoms with Crippen LogP contribution in [0.5, 0.6) is 0 Å². The highest BCUT2D eigenvalue weighted by atomic mass is 28.2. The van der Waals surface area contributed by atoms with Crippen molar-refractivity contribution >= 4 is 20.3 Å². The summed E-state index contributed by atoms with van der Waals surface area (Å²) in [6.07, 6.45) is 0. The number of hydrogen-bond acceptors (Lipinski definition) is 0. The summed E-state index contributed by atoms with van der Waals surface area (Å²) in [6, 6.07) is 0. The third kappa shape index (κ3) is 0.167. The van der Waals surface area contributed by atoms with Gasteiger partial charge in [0, 0.05) is 11.8 Å². The third-order valence-corrected chi connectivity index (χ3v) is 5.93. The zero-order valence-corrected chi connectivity index (χ0v) is 6.89. The van der Waals surface area contributed by atoms with Crippen LogP contribution in [0.3, 0.4) is 0 Å². The van der Waals surface area contributed by atoms with Crippen molar-refractivity contribution in [3.05, 3.63) is 33.0 Å². The average molecular weight is 151 g/mol. The van der Waals surface area contributed by atoms with Crippen LogP contribution in [0.2, 0.25) is 0 Å². The van der Waals surface area contributed by atoms with E-state index in [1.807, 2.05) is 32.6 Å². The summed E-state index contributed by atoms with van der Waals surface area (Å²) < 4.78 is 0. The Morgan fingerprint density at radius 1 is 0.909 bits per heavy atom. The van der Waals surface area contributed by atoms with Gasteiger partial charge in [-0.05, 0) is 38.6 Å². The second-order valence-corrected chi connectivity index (χ2v) is 5.81. The number of fused-ring (bicyclic) bond motifs is 6. The van der Waals surface area contributed by atoms with E-state index in [2.05, 4.69) is 0 Å². The molecule has 0 aromatic heterocycles. The fourth-order valence-electron chi connectivity index (χ4n) is 3.48. The summed E-state index contributed by atoms with van der Waals surface area (Å²) in [7, 11) is 0.639. The Balaban J connectivity index is 2.13. The standard InChI is InChI=1S/C10H3Si/c11-9-5-2-1(3(2)5)4-6(9)8-7(4)10(8)11/h2,7,11H. The van der Waals surface area contributed by atoms with Crippen molar-refractivity contribution in [2.75, 3.05) is 0 Å². The van der Waals surface area contributed by atoms with E-state index in [0.717, 1.165) is 11.8 Å². The summed E-state index contributed by atoms with van der Waals surface area (Å²) in [5.74, 6) is 1.94. The molecule has 0 saturated carbocycles. The molecule has 0 N–H and O–H groups in total. The zero-order valence-electron chi connectivity index (χ0n) is 5.73. The molecule has 5 aliphatic rings. The van der Waals surface area contributed by atoms with Gasteiger partial charge in [-0.3, -0.25) is 0 Å². The van der Waals surface area contributed by atoms with Gasteiger partial charge in [-0.25, -0.2) is 0 Å². The van der Waals surface area contributed by atoms with Crippen LogP contribution in [-0.2, 0) is 0 Å². The SMILES string of the molecule is [SiH]1C2=C3C4=C(C5=C2C2=C1C52)C34. The predicted octanol–water partition coefficient (Wildman–Crippen LogP) is 0.391. The maximum absolute atomic E-state index is 1.89. The topological polar surface area (TPSA) is 0 Å². The first kappa shape index (κ1) is 3.72. The minimum absolute atomic E-state index is 0.639. The molecule has 6 rings (SSSR count). The lowest BCUT2D eigenvalue weighted by atomic mass is 9.83. The molecule has 1 radical (unpaired) electrons. The molecule has 0 saturated heterocycles. The quantitative estimate of drug-likeness (QED) is 0.408. The van der Waals surface area contributed by atoms with E-state index in [9.17, 15) is 0 Å². The summed E-state index contributed by atoms with van der Waals surface area (Å²) in [6.45, 7) is 0. The largest absolute Gasteiger partial charge is 0.101 e. The highest BCUT2D eigenvalue weighted by Crippen LogP contribution is 2.79. The smallest absolute Gasteiger partial charge is 0.0647 e. The number of allylic oxidation sites excluding steroid dienone is 2. The molecule has 2 unspecified atom stereocenters. The molecule has 0 bridgehead atoms. The van der Waals surface area contributed by atoms with Crippen molar-refractivity contribution in [1.82, 2.24) is 0 Å². The van der Waals surface area contributed by atoms with Gasteiger partial charge in [0.15, 0.2) is 0 Å². The van der Waals surface area contributed by atoms with E-state index in [1.165, 1.54) is 0 Å². The molecule has 1 heteroatoms. The van der Waals surface area contributed by atoms with Crippen LogP contribution < -0.4 is 5.19 Å². The van der Waals surface area contributed by atoms with Gasteiger partial charge in [-0.15, -0.1) is 0 Å². The predicted molar refractivity (Wildman–Crippen MR) is 43.8 cm³/mol.